The maximum Gasteiger partial charge on any atom is 0.308 e. The van der Waals surface area contributed by atoms with Crippen LogP contribution in [0.4, 0.5) is 0 Å². The van der Waals surface area contributed by atoms with Crippen molar-refractivity contribution in [2.75, 3.05) is 6.61 Å². The second kappa shape index (κ2) is 8.17. The van der Waals surface area contributed by atoms with Gasteiger partial charge in [0.05, 0.1) is 12.5 Å². The molecule has 0 aliphatic heterocycles. The monoisotopic (exact) mass is 295 g/mol. The van der Waals surface area contributed by atoms with Crippen LogP contribution in [0.5, 0.6) is 0 Å². The predicted molar refractivity (Wildman–Crippen MR) is 86.1 cm³/mol. The SMILES string of the molecule is CCOC(=O)C1CCCC(NC2CCCCC2C(C)C)C1. The Balaban J connectivity index is 1.87. The maximum atomic E-state index is 12.0. The quantitative estimate of drug-likeness (QED) is 0.781. The van der Waals surface area contributed by atoms with E-state index in [4.69, 9.17) is 4.74 Å². The molecule has 2 fully saturated rings. The second-order valence-electron chi connectivity index (χ2n) is 7.28. The summed E-state index contributed by atoms with van der Waals surface area (Å²) in [6.45, 7) is 7.11. The molecule has 21 heavy (non-hydrogen) atoms. The molecule has 0 aromatic heterocycles. The number of carbonyl (C=O) groups excluding carboxylic acids is 1. The summed E-state index contributed by atoms with van der Waals surface area (Å²) in [5.74, 6) is 1.71. The molecule has 1 N–H and O–H groups in total. The average Bonchev–Trinajstić information content (AvgIpc) is 2.48. The first-order valence-corrected chi connectivity index (χ1v) is 9.04. The smallest absolute Gasteiger partial charge is 0.308 e. The van der Waals surface area contributed by atoms with E-state index < -0.39 is 0 Å². The molecule has 0 spiro atoms. The number of esters is 1. The van der Waals surface area contributed by atoms with Crippen LogP contribution in [0.2, 0.25) is 0 Å². The van der Waals surface area contributed by atoms with Crippen molar-refractivity contribution in [3.8, 4) is 0 Å². The molecule has 0 saturated heterocycles. The van der Waals surface area contributed by atoms with Crippen LogP contribution >= 0.6 is 0 Å². The lowest BCUT2D eigenvalue weighted by molar-refractivity contribution is -0.149. The fourth-order valence-corrected chi connectivity index (χ4v) is 4.28. The third-order valence-electron chi connectivity index (χ3n) is 5.42. The number of hydrogen-bond donors (Lipinski definition) is 1. The van der Waals surface area contributed by atoms with E-state index in [0.717, 1.165) is 31.1 Å². The molecule has 3 heteroatoms. The summed E-state index contributed by atoms with van der Waals surface area (Å²) >= 11 is 0. The Morgan fingerprint density at radius 1 is 1.14 bits per heavy atom. The Labute approximate surface area is 130 Å². The van der Waals surface area contributed by atoms with Gasteiger partial charge in [-0.15, -0.1) is 0 Å². The Hall–Kier alpha value is -0.570. The predicted octanol–water partition coefficient (Wildman–Crippen LogP) is 3.91. The first kappa shape index (κ1) is 16.8. The van der Waals surface area contributed by atoms with Gasteiger partial charge in [-0.05, 0) is 50.9 Å². The van der Waals surface area contributed by atoms with Crippen molar-refractivity contribution < 1.29 is 9.53 Å². The van der Waals surface area contributed by atoms with Gasteiger partial charge in [-0.25, -0.2) is 0 Å². The van der Waals surface area contributed by atoms with E-state index in [1.807, 2.05) is 6.92 Å². The summed E-state index contributed by atoms with van der Waals surface area (Å²) in [6.07, 6.45) is 9.77. The van der Waals surface area contributed by atoms with Crippen molar-refractivity contribution in [3.63, 3.8) is 0 Å². The maximum absolute atomic E-state index is 12.0. The van der Waals surface area contributed by atoms with Crippen molar-refractivity contribution in [1.82, 2.24) is 5.32 Å². The normalized spacial score (nSPS) is 33.9. The summed E-state index contributed by atoms with van der Waals surface area (Å²) < 4.78 is 5.21. The van der Waals surface area contributed by atoms with Crippen LogP contribution in [0, 0.1) is 17.8 Å². The van der Waals surface area contributed by atoms with Crippen molar-refractivity contribution in [3.05, 3.63) is 0 Å². The second-order valence-corrected chi connectivity index (χ2v) is 7.28. The van der Waals surface area contributed by atoms with Gasteiger partial charge in [0.15, 0.2) is 0 Å². The van der Waals surface area contributed by atoms with Crippen molar-refractivity contribution in [2.24, 2.45) is 17.8 Å². The molecule has 4 atom stereocenters. The van der Waals surface area contributed by atoms with Gasteiger partial charge in [-0.3, -0.25) is 4.79 Å². The van der Waals surface area contributed by atoms with E-state index in [1.54, 1.807) is 0 Å². The minimum absolute atomic E-state index is 0.0213. The molecule has 2 saturated carbocycles. The van der Waals surface area contributed by atoms with Crippen LogP contribution in [0.25, 0.3) is 0 Å². The molecule has 0 bridgehead atoms. The highest BCUT2D eigenvalue weighted by Crippen LogP contribution is 2.32. The first-order chi connectivity index (χ1) is 10.1. The van der Waals surface area contributed by atoms with Gasteiger partial charge in [0.25, 0.3) is 0 Å². The number of hydrogen-bond acceptors (Lipinski definition) is 3. The molecule has 0 heterocycles. The van der Waals surface area contributed by atoms with Gasteiger partial charge >= 0.3 is 5.97 Å². The van der Waals surface area contributed by atoms with Crippen LogP contribution in [-0.2, 0) is 9.53 Å². The molecule has 122 valence electrons. The van der Waals surface area contributed by atoms with Crippen LogP contribution in [0.1, 0.15) is 72.1 Å². The van der Waals surface area contributed by atoms with Crippen molar-refractivity contribution in [1.29, 1.82) is 0 Å². The Morgan fingerprint density at radius 3 is 2.62 bits per heavy atom. The molecule has 3 nitrogen and oxygen atoms in total. The topological polar surface area (TPSA) is 38.3 Å². The molecule has 0 aromatic carbocycles. The van der Waals surface area contributed by atoms with E-state index in [9.17, 15) is 4.79 Å². The largest absolute Gasteiger partial charge is 0.466 e. The number of carbonyl (C=O) groups is 1. The van der Waals surface area contributed by atoms with Gasteiger partial charge in [0, 0.05) is 12.1 Å². The zero-order valence-corrected chi connectivity index (χ0v) is 14.1. The number of rotatable bonds is 5. The zero-order chi connectivity index (χ0) is 15.2. The van der Waals surface area contributed by atoms with E-state index in [2.05, 4.69) is 19.2 Å². The molecule has 2 aliphatic rings. The Kier molecular flexibility index (Phi) is 6.53. The lowest BCUT2D eigenvalue weighted by Gasteiger charge is -2.39. The molecule has 0 aromatic rings. The minimum atomic E-state index is 0.0213. The summed E-state index contributed by atoms with van der Waals surface area (Å²) in [5, 5.41) is 3.91. The summed E-state index contributed by atoms with van der Waals surface area (Å²) in [4.78, 5) is 12.0. The fraction of sp³-hybridized carbons (Fsp3) is 0.944. The zero-order valence-electron chi connectivity index (χ0n) is 14.1. The third kappa shape index (κ3) is 4.70. The summed E-state index contributed by atoms with van der Waals surface area (Å²) in [7, 11) is 0. The van der Waals surface area contributed by atoms with Crippen molar-refractivity contribution in [2.45, 2.75) is 84.2 Å². The fourth-order valence-electron chi connectivity index (χ4n) is 4.28. The molecular formula is C18H33NO2. The van der Waals surface area contributed by atoms with Gasteiger partial charge in [0.2, 0.25) is 0 Å². The van der Waals surface area contributed by atoms with Gasteiger partial charge in [-0.1, -0.05) is 33.1 Å². The lowest BCUT2D eigenvalue weighted by Crippen LogP contribution is -2.48. The third-order valence-corrected chi connectivity index (χ3v) is 5.42. The van der Waals surface area contributed by atoms with Crippen LogP contribution in [0.15, 0.2) is 0 Å². The molecular weight excluding hydrogens is 262 g/mol. The highest BCUT2D eigenvalue weighted by molar-refractivity contribution is 5.72. The minimum Gasteiger partial charge on any atom is -0.466 e. The summed E-state index contributed by atoms with van der Waals surface area (Å²) in [6, 6.07) is 1.17. The van der Waals surface area contributed by atoms with Crippen LogP contribution < -0.4 is 5.32 Å². The highest BCUT2D eigenvalue weighted by Gasteiger charge is 2.33. The Bertz CT molecular complexity index is 329. The Morgan fingerprint density at radius 2 is 1.90 bits per heavy atom. The molecule has 0 radical (unpaired) electrons. The van der Waals surface area contributed by atoms with Gasteiger partial charge < -0.3 is 10.1 Å². The number of nitrogens with one attached hydrogen (secondary N) is 1. The average molecular weight is 295 g/mol. The lowest BCUT2D eigenvalue weighted by atomic mass is 9.76. The van der Waals surface area contributed by atoms with Gasteiger partial charge in [-0.2, -0.15) is 0 Å². The molecule has 4 unspecified atom stereocenters. The molecule has 0 amide bonds. The molecule has 2 aliphatic carbocycles. The van der Waals surface area contributed by atoms with E-state index in [-0.39, 0.29) is 11.9 Å². The van der Waals surface area contributed by atoms with E-state index in [1.165, 1.54) is 32.1 Å². The van der Waals surface area contributed by atoms with E-state index >= 15 is 0 Å². The summed E-state index contributed by atoms with van der Waals surface area (Å²) in [5.41, 5.74) is 0. The van der Waals surface area contributed by atoms with Crippen molar-refractivity contribution >= 4 is 5.97 Å². The van der Waals surface area contributed by atoms with Crippen LogP contribution in [0.3, 0.4) is 0 Å². The first-order valence-electron chi connectivity index (χ1n) is 9.04. The highest BCUT2D eigenvalue weighted by atomic mass is 16.5. The standard InChI is InChI=1S/C18H33NO2/c1-4-21-18(20)14-8-7-9-15(12-14)19-17-11-6-5-10-16(17)13(2)3/h13-17,19H,4-12H2,1-3H3. The number of ether oxygens (including phenoxy) is 1. The van der Waals surface area contributed by atoms with Gasteiger partial charge in [0.1, 0.15) is 0 Å². The van der Waals surface area contributed by atoms with Crippen LogP contribution in [-0.4, -0.2) is 24.7 Å². The molecule has 2 rings (SSSR count). The van der Waals surface area contributed by atoms with E-state index in [0.29, 0.717) is 18.7 Å².